The summed E-state index contributed by atoms with van der Waals surface area (Å²) in [7, 11) is 0. The lowest BCUT2D eigenvalue weighted by molar-refractivity contribution is -0.137. The summed E-state index contributed by atoms with van der Waals surface area (Å²) in [5.41, 5.74) is 3.93. The van der Waals surface area contributed by atoms with Crippen LogP contribution in [-0.2, 0) is 17.5 Å². The van der Waals surface area contributed by atoms with Gasteiger partial charge in [-0.1, -0.05) is 11.6 Å². The Hall–Kier alpha value is -3.93. The number of aromatic nitrogens is 2. The van der Waals surface area contributed by atoms with Crippen LogP contribution in [0.4, 0.5) is 34.6 Å². The molecular weight excluding hydrogens is 504 g/mol. The number of alkyl halides is 3. The predicted octanol–water partition coefficient (Wildman–Crippen LogP) is 4.19. The molecule has 1 aromatic carbocycles. The number of pyridine rings is 2. The van der Waals surface area contributed by atoms with Crippen LogP contribution in [0.3, 0.4) is 0 Å². The van der Waals surface area contributed by atoms with Gasteiger partial charge in [-0.15, -0.1) is 0 Å². The van der Waals surface area contributed by atoms with Crippen molar-refractivity contribution in [3.05, 3.63) is 76.6 Å². The van der Waals surface area contributed by atoms with Crippen molar-refractivity contribution in [3.63, 3.8) is 0 Å². The molecule has 0 aliphatic heterocycles. The van der Waals surface area contributed by atoms with Gasteiger partial charge in [-0.3, -0.25) is 19.6 Å². The van der Waals surface area contributed by atoms with Crippen molar-refractivity contribution in [1.82, 2.24) is 20.6 Å². The summed E-state index contributed by atoms with van der Waals surface area (Å²) in [5.74, 6) is -1.95. The minimum absolute atomic E-state index is 0.0793. The molecule has 8 nitrogen and oxygen atoms in total. The molecule has 1 fully saturated rings. The van der Waals surface area contributed by atoms with E-state index in [9.17, 15) is 27.2 Å². The molecule has 3 aromatic rings. The molecule has 1 saturated carbocycles. The smallest absolute Gasteiger partial charge is 0.397 e. The molecule has 188 valence electrons. The van der Waals surface area contributed by atoms with Crippen molar-refractivity contribution < 1.29 is 27.2 Å². The molecule has 0 saturated heterocycles. The van der Waals surface area contributed by atoms with Gasteiger partial charge >= 0.3 is 6.18 Å². The van der Waals surface area contributed by atoms with Crippen LogP contribution in [-0.4, -0.2) is 27.3 Å². The van der Waals surface area contributed by atoms with Gasteiger partial charge in [0.25, 0.3) is 5.91 Å². The number of halogens is 5. The van der Waals surface area contributed by atoms with E-state index in [0.717, 1.165) is 12.1 Å². The fraction of sp³-hybridized carbons (Fsp3) is 0.217. The zero-order chi connectivity index (χ0) is 26.1. The molecule has 0 spiro atoms. The van der Waals surface area contributed by atoms with Gasteiger partial charge in [-0.25, -0.2) is 4.39 Å². The molecule has 0 bridgehead atoms. The van der Waals surface area contributed by atoms with E-state index in [2.05, 4.69) is 25.9 Å². The van der Waals surface area contributed by atoms with Gasteiger partial charge in [-0.05, 0) is 43.2 Å². The Morgan fingerprint density at radius 3 is 2.50 bits per heavy atom. The van der Waals surface area contributed by atoms with Crippen LogP contribution in [0.15, 0.2) is 48.9 Å². The molecule has 36 heavy (non-hydrogen) atoms. The van der Waals surface area contributed by atoms with Crippen LogP contribution >= 0.6 is 11.6 Å². The number of amides is 2. The summed E-state index contributed by atoms with van der Waals surface area (Å²) in [6.07, 6.45) is 0.0561. The topological polar surface area (TPSA) is 122 Å². The molecular formula is C23H19ClF4N6O2. The maximum atomic E-state index is 13.3. The molecule has 0 unspecified atom stereocenters. The largest absolute Gasteiger partial charge is 0.418 e. The molecule has 1 aliphatic rings. The third-order valence-corrected chi connectivity index (χ3v) is 5.79. The van der Waals surface area contributed by atoms with Gasteiger partial charge in [0.15, 0.2) is 0 Å². The van der Waals surface area contributed by atoms with Gasteiger partial charge in [-0.2, -0.15) is 13.2 Å². The van der Waals surface area contributed by atoms with E-state index in [4.69, 9.17) is 17.3 Å². The second kappa shape index (κ2) is 9.61. The van der Waals surface area contributed by atoms with Crippen LogP contribution in [0, 0.1) is 5.82 Å². The van der Waals surface area contributed by atoms with Crippen LogP contribution < -0.4 is 21.7 Å². The molecule has 5 N–H and O–H groups in total. The zero-order valence-electron chi connectivity index (χ0n) is 18.4. The number of nitrogen functional groups attached to an aromatic ring is 1. The number of nitrogens with one attached hydrogen (secondary N) is 3. The summed E-state index contributed by atoms with van der Waals surface area (Å²) in [6, 6.07) is 5.02. The Kier molecular flexibility index (Phi) is 6.72. The normalized spacial score (nSPS) is 14.1. The van der Waals surface area contributed by atoms with Gasteiger partial charge in [0.05, 0.1) is 51.6 Å². The highest BCUT2D eigenvalue weighted by Gasteiger charge is 2.51. The molecule has 2 aromatic heterocycles. The minimum Gasteiger partial charge on any atom is -0.397 e. The predicted molar refractivity (Wildman–Crippen MR) is 124 cm³/mol. The number of hydrogen-bond donors (Lipinski definition) is 4. The number of carbonyl (C=O) groups excluding carboxylic acids is 2. The lowest BCUT2D eigenvalue weighted by Crippen LogP contribution is -2.48. The second-order valence-electron chi connectivity index (χ2n) is 8.19. The molecule has 2 heterocycles. The molecule has 0 atom stereocenters. The third kappa shape index (κ3) is 5.65. The number of hydrogen-bond acceptors (Lipinski definition) is 6. The molecule has 0 radical (unpaired) electrons. The van der Waals surface area contributed by atoms with E-state index in [1.54, 1.807) is 0 Å². The summed E-state index contributed by atoms with van der Waals surface area (Å²) in [6.45, 7) is -0.0836. The Morgan fingerprint density at radius 1 is 1.11 bits per heavy atom. The van der Waals surface area contributed by atoms with Crippen molar-refractivity contribution in [2.45, 2.75) is 31.1 Å². The van der Waals surface area contributed by atoms with Crippen LogP contribution in [0.5, 0.6) is 0 Å². The van der Waals surface area contributed by atoms with Gasteiger partial charge in [0, 0.05) is 12.4 Å². The van der Waals surface area contributed by atoms with E-state index in [-0.39, 0.29) is 34.2 Å². The lowest BCUT2D eigenvalue weighted by Gasteiger charge is -2.18. The zero-order valence-corrected chi connectivity index (χ0v) is 19.2. The third-order valence-electron chi connectivity index (χ3n) is 5.46. The van der Waals surface area contributed by atoms with Gasteiger partial charge < -0.3 is 21.7 Å². The Labute approximate surface area is 207 Å². The summed E-state index contributed by atoms with van der Waals surface area (Å²) < 4.78 is 53.0. The summed E-state index contributed by atoms with van der Waals surface area (Å²) in [5, 5.41) is 7.97. The maximum absolute atomic E-state index is 13.3. The van der Waals surface area contributed by atoms with Gasteiger partial charge in [0.2, 0.25) is 5.91 Å². The second-order valence-corrected chi connectivity index (χ2v) is 8.60. The van der Waals surface area contributed by atoms with E-state index in [1.807, 2.05) is 0 Å². The van der Waals surface area contributed by atoms with Crippen molar-refractivity contribution in [2.24, 2.45) is 0 Å². The Bertz CT molecular complexity index is 1330. The summed E-state index contributed by atoms with van der Waals surface area (Å²) in [4.78, 5) is 33.1. The number of anilines is 3. The molecule has 1 aliphatic carbocycles. The Morgan fingerprint density at radius 2 is 1.86 bits per heavy atom. The first-order valence-corrected chi connectivity index (χ1v) is 10.9. The number of nitrogens with zero attached hydrogens (tertiary/aromatic N) is 2. The number of benzene rings is 1. The van der Waals surface area contributed by atoms with E-state index >= 15 is 0 Å². The maximum Gasteiger partial charge on any atom is 0.418 e. The first-order chi connectivity index (χ1) is 17.0. The minimum atomic E-state index is -4.77. The highest BCUT2D eigenvalue weighted by molar-refractivity contribution is 6.31. The quantitative estimate of drug-likeness (QED) is 0.345. The van der Waals surface area contributed by atoms with E-state index < -0.39 is 34.9 Å². The number of carbonyl (C=O) groups is 2. The molecule has 2 amide bonds. The van der Waals surface area contributed by atoms with E-state index in [1.165, 1.54) is 30.7 Å². The summed E-state index contributed by atoms with van der Waals surface area (Å²) >= 11 is 6.22. The Balaban J connectivity index is 1.39. The van der Waals surface area contributed by atoms with Crippen molar-refractivity contribution in [3.8, 4) is 0 Å². The van der Waals surface area contributed by atoms with Crippen LogP contribution in [0.2, 0.25) is 5.02 Å². The molecule has 13 heteroatoms. The van der Waals surface area contributed by atoms with Crippen molar-refractivity contribution in [1.29, 1.82) is 0 Å². The van der Waals surface area contributed by atoms with Gasteiger partial charge in [0.1, 0.15) is 11.4 Å². The average molecular weight is 523 g/mol. The fourth-order valence-electron chi connectivity index (χ4n) is 3.42. The highest BCUT2D eigenvalue weighted by atomic mass is 35.5. The number of rotatable bonds is 7. The standard InChI is InChI=1S/C23H19ClF4N6O2/c24-17-7-15(33-18-2-1-13(25)6-16(18)23(26,27)28)10-31-19(17)11-32-21(36)22(3-4-22)34-20(35)12-5-14(29)9-30-8-12/h1-2,5-10,33H,3-4,11,29H2,(H,32,36)(H,34,35). The number of nitrogens with two attached hydrogens (primary N) is 1. The van der Waals surface area contributed by atoms with E-state index in [0.29, 0.717) is 24.6 Å². The lowest BCUT2D eigenvalue weighted by atomic mass is 10.1. The SMILES string of the molecule is Nc1cncc(C(=O)NC2(C(=O)NCc3ncc(Nc4ccc(F)cc4C(F)(F)F)cc3Cl)CC2)c1. The van der Waals surface area contributed by atoms with Crippen LogP contribution in [0.25, 0.3) is 0 Å². The van der Waals surface area contributed by atoms with Crippen LogP contribution in [0.1, 0.15) is 34.5 Å². The van der Waals surface area contributed by atoms with Crippen molar-refractivity contribution >= 4 is 40.5 Å². The first kappa shape index (κ1) is 25.2. The highest BCUT2D eigenvalue weighted by Crippen LogP contribution is 2.37. The monoisotopic (exact) mass is 522 g/mol. The molecule has 4 rings (SSSR count). The fourth-order valence-corrected chi connectivity index (χ4v) is 3.65. The average Bonchev–Trinajstić information content (AvgIpc) is 3.59. The van der Waals surface area contributed by atoms with Crippen molar-refractivity contribution in [2.75, 3.05) is 11.1 Å². The first-order valence-electron chi connectivity index (χ1n) is 10.6.